The molecule has 170 valence electrons. The van der Waals surface area contributed by atoms with Gasteiger partial charge in [-0.1, -0.05) is 24.3 Å². The van der Waals surface area contributed by atoms with Gasteiger partial charge in [0.05, 0.1) is 6.54 Å². The Labute approximate surface area is 186 Å². The van der Waals surface area contributed by atoms with Crippen LogP contribution in [-0.2, 0) is 22.1 Å². The Morgan fingerprint density at radius 2 is 1.88 bits per heavy atom. The van der Waals surface area contributed by atoms with Crippen molar-refractivity contribution < 1.29 is 18.4 Å². The van der Waals surface area contributed by atoms with Gasteiger partial charge in [-0.05, 0) is 38.0 Å². The summed E-state index contributed by atoms with van der Waals surface area (Å²) in [4.78, 5) is 32.1. The van der Waals surface area contributed by atoms with Crippen molar-refractivity contribution in [2.45, 2.75) is 51.2 Å². The largest absolute Gasteiger partial charge is 0.352 e. The maximum atomic E-state index is 13.7. The molecule has 3 heterocycles. The molecule has 0 N–H and O–H groups in total. The standard InChI is InChI=1S/C23H27F2N5O2/c1-16(2)29-14-20(31)30(13-17-6-8-18(9-7-17)22(3,24)25)23(21(29)32)10-12-28(15-23)19-5-4-11-26-27-19/h4-9,11,16H,10,12-15H2,1-3H3. The molecule has 32 heavy (non-hydrogen) atoms. The molecule has 1 aromatic carbocycles. The highest BCUT2D eigenvalue weighted by Crippen LogP contribution is 2.37. The zero-order valence-electron chi connectivity index (χ0n) is 18.5. The molecule has 0 aliphatic carbocycles. The second-order valence-corrected chi connectivity index (χ2v) is 8.88. The number of piperazine rings is 1. The zero-order chi connectivity index (χ0) is 23.1. The number of nitrogens with zero attached hydrogens (tertiary/aromatic N) is 5. The molecule has 0 bridgehead atoms. The van der Waals surface area contributed by atoms with E-state index in [-0.39, 0.29) is 36.5 Å². The van der Waals surface area contributed by atoms with E-state index in [9.17, 15) is 18.4 Å². The average Bonchev–Trinajstić information content (AvgIpc) is 3.20. The van der Waals surface area contributed by atoms with E-state index in [0.29, 0.717) is 30.9 Å². The number of rotatable bonds is 5. The minimum Gasteiger partial charge on any atom is -0.352 e. The van der Waals surface area contributed by atoms with E-state index >= 15 is 0 Å². The van der Waals surface area contributed by atoms with Crippen LogP contribution in [-0.4, -0.2) is 63.0 Å². The van der Waals surface area contributed by atoms with Crippen molar-refractivity contribution >= 4 is 17.6 Å². The van der Waals surface area contributed by atoms with Crippen LogP contribution in [0.2, 0.25) is 0 Å². The van der Waals surface area contributed by atoms with Gasteiger partial charge < -0.3 is 14.7 Å². The Balaban J connectivity index is 1.66. The molecule has 9 heteroatoms. The third-order valence-electron chi connectivity index (χ3n) is 6.34. The van der Waals surface area contributed by atoms with Crippen LogP contribution in [0.1, 0.15) is 38.3 Å². The lowest BCUT2D eigenvalue weighted by Crippen LogP contribution is -2.69. The van der Waals surface area contributed by atoms with Crippen molar-refractivity contribution in [2.75, 3.05) is 24.5 Å². The Bertz CT molecular complexity index is 994. The number of aromatic nitrogens is 2. The van der Waals surface area contributed by atoms with Gasteiger partial charge >= 0.3 is 0 Å². The molecule has 2 aliphatic heterocycles. The minimum atomic E-state index is -2.93. The first kappa shape index (κ1) is 22.1. The van der Waals surface area contributed by atoms with E-state index < -0.39 is 11.5 Å². The number of carbonyl (C=O) groups excluding carboxylic acids is 2. The first-order valence-corrected chi connectivity index (χ1v) is 10.7. The molecule has 0 radical (unpaired) electrons. The molecular weight excluding hydrogens is 416 g/mol. The van der Waals surface area contributed by atoms with Crippen LogP contribution in [0.25, 0.3) is 0 Å². The number of halogens is 2. The van der Waals surface area contributed by atoms with Gasteiger partial charge in [-0.15, -0.1) is 5.10 Å². The minimum absolute atomic E-state index is 0.00844. The maximum absolute atomic E-state index is 13.7. The van der Waals surface area contributed by atoms with Crippen molar-refractivity contribution in [2.24, 2.45) is 0 Å². The number of hydrogen-bond donors (Lipinski definition) is 0. The summed E-state index contributed by atoms with van der Waals surface area (Å²) in [6.45, 7) is 5.70. The van der Waals surface area contributed by atoms with Crippen molar-refractivity contribution in [1.29, 1.82) is 0 Å². The number of benzene rings is 1. The SMILES string of the molecule is CC(C)N1CC(=O)N(Cc2ccc(C(C)(F)F)cc2)C2(CCN(c3cccnn3)C2)C1=O. The van der Waals surface area contributed by atoms with E-state index in [2.05, 4.69) is 10.2 Å². The average molecular weight is 443 g/mol. The van der Waals surface area contributed by atoms with Crippen molar-refractivity contribution in [1.82, 2.24) is 20.0 Å². The van der Waals surface area contributed by atoms with Crippen LogP contribution in [0.3, 0.4) is 0 Å². The van der Waals surface area contributed by atoms with E-state index in [0.717, 1.165) is 6.92 Å². The second kappa shape index (κ2) is 8.11. The van der Waals surface area contributed by atoms with Crippen LogP contribution in [0.5, 0.6) is 0 Å². The summed E-state index contributed by atoms with van der Waals surface area (Å²) >= 11 is 0. The lowest BCUT2D eigenvalue weighted by Gasteiger charge is -2.48. The second-order valence-electron chi connectivity index (χ2n) is 8.88. The van der Waals surface area contributed by atoms with Crippen LogP contribution in [0.15, 0.2) is 42.6 Å². The van der Waals surface area contributed by atoms with Gasteiger partial charge in [0.2, 0.25) is 5.91 Å². The first-order chi connectivity index (χ1) is 15.1. The molecule has 2 fully saturated rings. The molecule has 2 aliphatic rings. The van der Waals surface area contributed by atoms with Crippen LogP contribution in [0.4, 0.5) is 14.6 Å². The lowest BCUT2D eigenvalue weighted by molar-refractivity contribution is -0.166. The highest BCUT2D eigenvalue weighted by atomic mass is 19.3. The van der Waals surface area contributed by atoms with Gasteiger partial charge in [0.1, 0.15) is 12.1 Å². The lowest BCUT2D eigenvalue weighted by atomic mass is 9.89. The smallest absolute Gasteiger partial charge is 0.270 e. The highest BCUT2D eigenvalue weighted by molar-refractivity contribution is 5.99. The molecule has 1 spiro atoms. The Morgan fingerprint density at radius 3 is 2.47 bits per heavy atom. The van der Waals surface area contributed by atoms with E-state index in [1.807, 2.05) is 24.8 Å². The summed E-state index contributed by atoms with van der Waals surface area (Å²) in [5.74, 6) is -2.52. The molecule has 2 saturated heterocycles. The quantitative estimate of drug-likeness (QED) is 0.711. The topological polar surface area (TPSA) is 69.6 Å². The predicted octanol–water partition coefficient (Wildman–Crippen LogP) is 2.82. The molecule has 2 amide bonds. The monoisotopic (exact) mass is 443 g/mol. The molecule has 1 atom stereocenters. The van der Waals surface area contributed by atoms with Gasteiger partial charge in [0.25, 0.3) is 11.8 Å². The Morgan fingerprint density at radius 1 is 1.16 bits per heavy atom. The fraction of sp³-hybridized carbons (Fsp3) is 0.478. The van der Waals surface area contributed by atoms with Gasteiger partial charge in [-0.25, -0.2) is 8.78 Å². The third kappa shape index (κ3) is 3.91. The van der Waals surface area contributed by atoms with Crippen LogP contribution in [0, 0.1) is 0 Å². The first-order valence-electron chi connectivity index (χ1n) is 10.7. The zero-order valence-corrected chi connectivity index (χ0v) is 18.5. The van der Waals surface area contributed by atoms with Crippen LogP contribution >= 0.6 is 0 Å². The van der Waals surface area contributed by atoms with Crippen molar-refractivity contribution in [3.05, 3.63) is 53.7 Å². The predicted molar refractivity (Wildman–Crippen MR) is 115 cm³/mol. The number of amides is 2. The molecule has 0 saturated carbocycles. The Hall–Kier alpha value is -3.10. The van der Waals surface area contributed by atoms with Gasteiger partial charge in [-0.3, -0.25) is 9.59 Å². The molecule has 7 nitrogen and oxygen atoms in total. The Kier molecular flexibility index (Phi) is 5.60. The van der Waals surface area contributed by atoms with E-state index in [1.54, 1.807) is 34.2 Å². The fourth-order valence-electron chi connectivity index (χ4n) is 4.51. The van der Waals surface area contributed by atoms with Gasteiger partial charge in [-0.2, -0.15) is 5.10 Å². The number of hydrogen-bond acceptors (Lipinski definition) is 5. The van der Waals surface area contributed by atoms with E-state index in [1.165, 1.54) is 12.1 Å². The van der Waals surface area contributed by atoms with Crippen LogP contribution < -0.4 is 4.90 Å². The summed E-state index contributed by atoms with van der Waals surface area (Å²) in [5, 5.41) is 8.08. The molecule has 1 unspecified atom stereocenters. The summed E-state index contributed by atoms with van der Waals surface area (Å²) in [6.07, 6.45) is 2.05. The van der Waals surface area contributed by atoms with Crippen molar-refractivity contribution in [3.8, 4) is 0 Å². The highest BCUT2D eigenvalue weighted by Gasteiger charge is 2.56. The molecular formula is C23H27F2N5O2. The molecule has 1 aromatic heterocycles. The number of anilines is 1. The number of carbonyl (C=O) groups is 2. The maximum Gasteiger partial charge on any atom is 0.270 e. The summed E-state index contributed by atoms with van der Waals surface area (Å²) < 4.78 is 27.2. The summed E-state index contributed by atoms with van der Waals surface area (Å²) in [6, 6.07) is 9.45. The normalized spacial score (nSPS) is 21.9. The summed E-state index contributed by atoms with van der Waals surface area (Å²) in [7, 11) is 0. The summed E-state index contributed by atoms with van der Waals surface area (Å²) in [5.41, 5.74) is -0.419. The molecule has 4 rings (SSSR count). The third-order valence-corrected chi connectivity index (χ3v) is 6.34. The van der Waals surface area contributed by atoms with Gasteiger partial charge in [0.15, 0.2) is 5.82 Å². The number of alkyl halides is 2. The van der Waals surface area contributed by atoms with Crippen molar-refractivity contribution in [3.63, 3.8) is 0 Å². The van der Waals surface area contributed by atoms with E-state index in [4.69, 9.17) is 0 Å². The molecule has 2 aromatic rings. The fourth-order valence-corrected chi connectivity index (χ4v) is 4.51. The van der Waals surface area contributed by atoms with Gasteiger partial charge in [0, 0.05) is 37.8 Å².